The first kappa shape index (κ1) is 20.9. The summed E-state index contributed by atoms with van der Waals surface area (Å²) in [5.41, 5.74) is 2.22. The fourth-order valence-corrected chi connectivity index (χ4v) is 4.48. The van der Waals surface area contributed by atoms with Gasteiger partial charge in [-0.15, -0.1) is 36.2 Å². The number of piperazine rings is 1. The Hall–Kier alpha value is -1.37. The van der Waals surface area contributed by atoms with E-state index in [4.69, 9.17) is 0 Å². The van der Waals surface area contributed by atoms with Crippen LogP contribution >= 0.6 is 36.2 Å². The molecule has 1 saturated heterocycles. The molecule has 140 valence electrons. The quantitative estimate of drug-likeness (QED) is 0.701. The largest absolute Gasteiger partial charge is 0.314 e. The van der Waals surface area contributed by atoms with Crippen LogP contribution in [0.1, 0.15) is 28.2 Å². The molecule has 1 atom stereocenters. The van der Waals surface area contributed by atoms with E-state index in [1.54, 1.807) is 22.8 Å². The molecule has 0 bridgehead atoms. The van der Waals surface area contributed by atoms with Gasteiger partial charge in [0.25, 0.3) is 0 Å². The van der Waals surface area contributed by atoms with Crippen LogP contribution in [-0.2, 0) is 0 Å². The lowest BCUT2D eigenvalue weighted by Crippen LogP contribution is -2.45. The van der Waals surface area contributed by atoms with E-state index in [2.05, 4.69) is 39.9 Å². The summed E-state index contributed by atoms with van der Waals surface area (Å²) in [7, 11) is 0. The minimum atomic E-state index is 0. The molecule has 1 aromatic carbocycles. The number of carbonyl (C=O) groups excluding carboxylic acids is 1. The van der Waals surface area contributed by atoms with Crippen molar-refractivity contribution in [3.63, 3.8) is 0 Å². The predicted octanol–water partition coefficient (Wildman–Crippen LogP) is 4.20. The minimum Gasteiger partial charge on any atom is -0.314 e. The highest BCUT2D eigenvalue weighted by Gasteiger charge is 2.28. The van der Waals surface area contributed by atoms with E-state index in [9.17, 15) is 4.79 Å². The van der Waals surface area contributed by atoms with Crippen molar-refractivity contribution in [3.8, 4) is 0 Å². The van der Waals surface area contributed by atoms with Gasteiger partial charge in [0.05, 0.1) is 11.6 Å². The van der Waals surface area contributed by atoms with E-state index in [-0.39, 0.29) is 36.8 Å². The van der Waals surface area contributed by atoms with Crippen LogP contribution in [0.4, 0.5) is 0 Å². The van der Waals surface area contributed by atoms with Crippen molar-refractivity contribution in [1.82, 2.24) is 14.8 Å². The zero-order chi connectivity index (χ0) is 16.5. The van der Waals surface area contributed by atoms with Crippen LogP contribution in [-0.4, -0.2) is 41.6 Å². The monoisotopic (exact) mass is 411 g/mol. The van der Waals surface area contributed by atoms with Crippen LogP contribution in [0.25, 0.3) is 10.9 Å². The van der Waals surface area contributed by atoms with Crippen molar-refractivity contribution in [2.24, 2.45) is 0 Å². The summed E-state index contributed by atoms with van der Waals surface area (Å²) in [6.07, 6.45) is 2.04. The normalized spacial score (nSPS) is 15.9. The van der Waals surface area contributed by atoms with Crippen molar-refractivity contribution >= 4 is 53.0 Å². The van der Waals surface area contributed by atoms with Crippen LogP contribution in [0, 0.1) is 0 Å². The molecule has 0 radical (unpaired) electrons. The lowest BCUT2D eigenvalue weighted by molar-refractivity contribution is 0.0941. The van der Waals surface area contributed by atoms with E-state index in [0.717, 1.165) is 31.7 Å². The van der Waals surface area contributed by atoms with Gasteiger partial charge in [0.1, 0.15) is 0 Å². The number of halogens is 2. The average molecular weight is 412 g/mol. The summed E-state index contributed by atoms with van der Waals surface area (Å²) in [5.74, 6) is 0.0580. The Kier molecular flexibility index (Phi) is 7.26. The summed E-state index contributed by atoms with van der Waals surface area (Å²) < 4.78 is 1.79. The number of thiophene rings is 1. The van der Waals surface area contributed by atoms with Gasteiger partial charge in [-0.3, -0.25) is 14.3 Å². The molecule has 0 aliphatic carbocycles. The second kappa shape index (κ2) is 9.02. The van der Waals surface area contributed by atoms with E-state index in [1.165, 1.54) is 15.8 Å². The highest BCUT2D eigenvalue weighted by molar-refractivity contribution is 7.10. The predicted molar refractivity (Wildman–Crippen MR) is 113 cm³/mol. The summed E-state index contributed by atoms with van der Waals surface area (Å²) >= 11 is 1.79. The first-order valence-electron chi connectivity index (χ1n) is 8.35. The van der Waals surface area contributed by atoms with Crippen molar-refractivity contribution in [2.75, 3.05) is 26.2 Å². The van der Waals surface area contributed by atoms with Gasteiger partial charge in [-0.2, -0.15) is 0 Å². The van der Waals surface area contributed by atoms with Crippen LogP contribution in [0.2, 0.25) is 0 Å². The number of hydrogen-bond donors (Lipinski definition) is 1. The van der Waals surface area contributed by atoms with Crippen LogP contribution in [0.5, 0.6) is 0 Å². The Balaban J connectivity index is 0.00000121. The van der Waals surface area contributed by atoms with Gasteiger partial charge in [-0.05, 0) is 17.5 Å². The molecular weight excluding hydrogens is 389 g/mol. The maximum Gasteiger partial charge on any atom is 0.227 e. The van der Waals surface area contributed by atoms with E-state index < -0.39 is 0 Å². The molecule has 1 fully saturated rings. The Labute approximate surface area is 170 Å². The molecular formula is C19H23Cl2N3OS. The summed E-state index contributed by atoms with van der Waals surface area (Å²) in [6, 6.07) is 12.7. The third-order valence-electron chi connectivity index (χ3n) is 4.71. The highest BCUT2D eigenvalue weighted by atomic mass is 35.5. The zero-order valence-electron chi connectivity index (χ0n) is 14.6. The van der Waals surface area contributed by atoms with Crippen molar-refractivity contribution in [1.29, 1.82) is 0 Å². The van der Waals surface area contributed by atoms with Gasteiger partial charge in [0, 0.05) is 55.1 Å². The van der Waals surface area contributed by atoms with Gasteiger partial charge < -0.3 is 5.32 Å². The topological polar surface area (TPSA) is 37.3 Å². The second-order valence-electron chi connectivity index (χ2n) is 6.19. The van der Waals surface area contributed by atoms with Crippen LogP contribution in [0.15, 0.2) is 48.0 Å². The number of aromatic nitrogens is 1. The molecule has 1 N–H and O–H groups in total. The summed E-state index contributed by atoms with van der Waals surface area (Å²) in [6.45, 7) is 5.67. The standard InChI is InChI=1S/C19H21N3OS.2ClH/c1-14(23)22-13-16(15-5-2-3-6-17(15)22)19(18-7-4-12-24-18)21-10-8-20-9-11-21;;/h2-7,12-13,19-20H,8-11H2,1H3;2*1H/t19-;;/m1../s1. The molecule has 2 aromatic heterocycles. The Morgan fingerprint density at radius 2 is 1.85 bits per heavy atom. The van der Waals surface area contributed by atoms with Crippen LogP contribution in [0.3, 0.4) is 0 Å². The first-order chi connectivity index (χ1) is 11.8. The number of nitrogens with zero attached hydrogens (tertiary/aromatic N) is 2. The Morgan fingerprint density at radius 1 is 1.12 bits per heavy atom. The van der Waals surface area contributed by atoms with Crippen molar-refractivity contribution in [2.45, 2.75) is 13.0 Å². The van der Waals surface area contributed by atoms with E-state index >= 15 is 0 Å². The maximum atomic E-state index is 12.1. The number of rotatable bonds is 3. The van der Waals surface area contributed by atoms with Gasteiger partial charge in [-0.1, -0.05) is 24.3 Å². The third-order valence-corrected chi connectivity index (χ3v) is 5.63. The Morgan fingerprint density at radius 3 is 2.50 bits per heavy atom. The third kappa shape index (κ3) is 3.82. The highest BCUT2D eigenvalue weighted by Crippen LogP contribution is 2.37. The molecule has 0 spiro atoms. The molecule has 0 unspecified atom stereocenters. The molecule has 4 nitrogen and oxygen atoms in total. The molecule has 26 heavy (non-hydrogen) atoms. The fraction of sp³-hybridized carbons (Fsp3) is 0.316. The Bertz CT molecular complexity index is 857. The maximum absolute atomic E-state index is 12.1. The number of hydrogen-bond acceptors (Lipinski definition) is 4. The minimum absolute atomic E-state index is 0. The van der Waals surface area contributed by atoms with Crippen molar-refractivity contribution < 1.29 is 4.79 Å². The molecule has 4 rings (SSSR count). The molecule has 3 aromatic rings. The lowest BCUT2D eigenvalue weighted by Gasteiger charge is -2.34. The smallest absolute Gasteiger partial charge is 0.227 e. The molecule has 1 aliphatic heterocycles. The summed E-state index contributed by atoms with van der Waals surface area (Å²) in [4.78, 5) is 16.0. The van der Waals surface area contributed by atoms with E-state index in [1.807, 2.05) is 18.3 Å². The second-order valence-corrected chi connectivity index (χ2v) is 7.17. The molecule has 3 heterocycles. The number of carbonyl (C=O) groups is 1. The SMILES string of the molecule is CC(=O)n1cc([C@H](c2cccs2)N2CCNCC2)c2ccccc21.Cl.Cl. The molecule has 7 heteroatoms. The molecule has 0 amide bonds. The summed E-state index contributed by atoms with van der Waals surface area (Å²) in [5, 5.41) is 6.73. The number of benzene rings is 1. The average Bonchev–Trinajstić information content (AvgIpc) is 3.25. The number of fused-ring (bicyclic) bond motifs is 1. The fourth-order valence-electron chi connectivity index (χ4n) is 3.60. The first-order valence-corrected chi connectivity index (χ1v) is 9.23. The van der Waals surface area contributed by atoms with Gasteiger partial charge in [0.15, 0.2) is 0 Å². The lowest BCUT2D eigenvalue weighted by atomic mass is 10.0. The van der Waals surface area contributed by atoms with Crippen LogP contribution < -0.4 is 5.32 Å². The van der Waals surface area contributed by atoms with Gasteiger partial charge in [0.2, 0.25) is 5.91 Å². The van der Waals surface area contributed by atoms with Gasteiger partial charge >= 0.3 is 0 Å². The molecule has 0 saturated carbocycles. The number of nitrogens with one attached hydrogen (secondary N) is 1. The number of para-hydroxylation sites is 1. The van der Waals surface area contributed by atoms with Crippen molar-refractivity contribution in [3.05, 3.63) is 58.4 Å². The molecule has 1 aliphatic rings. The zero-order valence-corrected chi connectivity index (χ0v) is 17.0. The van der Waals surface area contributed by atoms with E-state index in [0.29, 0.717) is 0 Å². The van der Waals surface area contributed by atoms with Gasteiger partial charge in [-0.25, -0.2) is 0 Å².